The van der Waals surface area contributed by atoms with E-state index in [2.05, 4.69) is 55.6 Å². The van der Waals surface area contributed by atoms with Crippen LogP contribution >= 0.6 is 0 Å². The third-order valence-electron chi connectivity index (χ3n) is 13.7. The third kappa shape index (κ3) is 51.6. The van der Waals surface area contributed by atoms with Gasteiger partial charge < -0.3 is 15.5 Å². The molecule has 0 aliphatic rings. The summed E-state index contributed by atoms with van der Waals surface area (Å²) < 4.78 is 0. The molecule has 0 radical (unpaired) electrons. The van der Waals surface area contributed by atoms with Gasteiger partial charge in [0.05, 0.1) is 18.8 Å². The first kappa shape index (κ1) is 62.6. The number of hydrogen-bond acceptors (Lipinski definition) is 3. The van der Waals surface area contributed by atoms with Crippen LogP contribution in [0.1, 0.15) is 322 Å². The predicted octanol–water partition coefficient (Wildman–Crippen LogP) is 19.3. The lowest BCUT2D eigenvalue weighted by atomic mass is 10.0. The molecule has 0 fully saturated rings. The van der Waals surface area contributed by atoms with Crippen molar-refractivity contribution in [3.63, 3.8) is 0 Å². The highest BCUT2D eigenvalue weighted by Crippen LogP contribution is 2.18. The van der Waals surface area contributed by atoms with Crippen LogP contribution in [0.25, 0.3) is 0 Å². The topological polar surface area (TPSA) is 69.6 Å². The van der Waals surface area contributed by atoms with E-state index < -0.39 is 12.1 Å². The number of nitrogens with one attached hydrogen (secondary N) is 1. The Bertz CT molecular complexity index is 974. The SMILES string of the molecule is CCCCCCC/C=C\C/C=C\C/C=C\CCCCCCCCCCCCCCCCCCCCC(=O)NC(CO)C(O)CCCCCCCCCCCCCCCCCCCCC. The summed E-state index contributed by atoms with van der Waals surface area (Å²) in [5.41, 5.74) is 0. The fraction of sp³-hybridized carbons (Fsp3) is 0.883. The number of carbonyl (C=O) groups is 1. The van der Waals surface area contributed by atoms with Gasteiger partial charge in [0, 0.05) is 6.42 Å². The zero-order valence-corrected chi connectivity index (χ0v) is 43.6. The lowest BCUT2D eigenvalue weighted by Crippen LogP contribution is -2.45. The fourth-order valence-corrected chi connectivity index (χ4v) is 9.20. The number of hydrogen-bond donors (Lipinski definition) is 3. The van der Waals surface area contributed by atoms with Crippen LogP contribution in [0.5, 0.6) is 0 Å². The van der Waals surface area contributed by atoms with Gasteiger partial charge in [-0.05, 0) is 51.4 Å². The van der Waals surface area contributed by atoms with E-state index in [0.717, 1.165) is 38.5 Å². The number of amides is 1. The Kier molecular flexibility index (Phi) is 54.7. The third-order valence-corrected chi connectivity index (χ3v) is 13.7. The van der Waals surface area contributed by atoms with E-state index in [9.17, 15) is 15.0 Å². The van der Waals surface area contributed by atoms with Gasteiger partial charge in [-0.15, -0.1) is 0 Å². The standard InChI is InChI=1S/C60H115NO3/c1-3-5-7-9-11-13-15-17-19-21-23-24-25-26-27-28-29-30-31-32-33-34-35-36-38-40-42-44-46-48-50-52-54-56-60(64)61-58(57-62)59(63)55-53-51-49-47-45-43-41-39-37-22-20-18-16-14-12-10-8-6-4-2/h15,17,21,23,25-26,58-59,62-63H,3-14,16,18-20,22,24,27-57H2,1-2H3,(H,61,64)/b17-15-,23-21-,26-25-. The van der Waals surface area contributed by atoms with Crippen LogP contribution in [-0.2, 0) is 4.79 Å². The maximum absolute atomic E-state index is 12.5. The van der Waals surface area contributed by atoms with Crippen molar-refractivity contribution in [3.05, 3.63) is 36.5 Å². The highest BCUT2D eigenvalue weighted by atomic mass is 16.3. The molecular weight excluding hydrogens is 783 g/mol. The van der Waals surface area contributed by atoms with Crippen molar-refractivity contribution < 1.29 is 15.0 Å². The summed E-state index contributed by atoms with van der Waals surface area (Å²) in [5, 5.41) is 23.3. The normalized spacial score (nSPS) is 13.0. The summed E-state index contributed by atoms with van der Waals surface area (Å²) in [5.74, 6) is -0.0260. The number of rotatable bonds is 54. The van der Waals surface area contributed by atoms with Crippen LogP contribution in [0.2, 0.25) is 0 Å². The molecule has 4 nitrogen and oxygen atoms in total. The smallest absolute Gasteiger partial charge is 0.220 e. The van der Waals surface area contributed by atoms with E-state index in [4.69, 9.17) is 0 Å². The Morgan fingerprint density at radius 2 is 0.641 bits per heavy atom. The summed E-state index contributed by atoms with van der Waals surface area (Å²) in [7, 11) is 0. The molecule has 2 atom stereocenters. The van der Waals surface area contributed by atoms with Gasteiger partial charge in [-0.2, -0.15) is 0 Å². The molecule has 0 aromatic heterocycles. The monoisotopic (exact) mass is 898 g/mol. The molecule has 0 saturated carbocycles. The molecule has 4 heteroatoms. The summed E-state index contributed by atoms with van der Waals surface area (Å²) >= 11 is 0. The Morgan fingerprint density at radius 1 is 0.375 bits per heavy atom. The first-order chi connectivity index (χ1) is 31.7. The maximum Gasteiger partial charge on any atom is 0.220 e. The number of aliphatic hydroxyl groups excluding tert-OH is 2. The van der Waals surface area contributed by atoms with E-state index in [-0.39, 0.29) is 12.5 Å². The van der Waals surface area contributed by atoms with Crippen LogP contribution in [0, 0.1) is 0 Å². The van der Waals surface area contributed by atoms with Gasteiger partial charge in [-0.25, -0.2) is 0 Å². The number of allylic oxidation sites excluding steroid dienone is 6. The molecule has 0 rings (SSSR count). The molecule has 0 aromatic carbocycles. The molecule has 3 N–H and O–H groups in total. The van der Waals surface area contributed by atoms with Gasteiger partial charge in [0.25, 0.3) is 0 Å². The van der Waals surface area contributed by atoms with Crippen LogP contribution < -0.4 is 5.32 Å². The maximum atomic E-state index is 12.5. The summed E-state index contributed by atoms with van der Waals surface area (Å²) in [6, 6.07) is -0.535. The Hall–Kier alpha value is -1.39. The van der Waals surface area contributed by atoms with E-state index in [1.54, 1.807) is 0 Å². The van der Waals surface area contributed by atoms with Gasteiger partial charge in [0.1, 0.15) is 0 Å². The molecule has 378 valence electrons. The van der Waals surface area contributed by atoms with E-state index in [0.29, 0.717) is 12.8 Å². The van der Waals surface area contributed by atoms with Gasteiger partial charge >= 0.3 is 0 Å². The highest BCUT2D eigenvalue weighted by molar-refractivity contribution is 5.76. The summed E-state index contributed by atoms with van der Waals surface area (Å²) in [6.45, 7) is 4.38. The molecule has 0 aromatic rings. The first-order valence-corrected chi connectivity index (χ1v) is 29.2. The lowest BCUT2D eigenvalue weighted by Gasteiger charge is -2.22. The van der Waals surface area contributed by atoms with Gasteiger partial charge in [0.2, 0.25) is 5.91 Å². The van der Waals surface area contributed by atoms with Crippen molar-refractivity contribution in [2.75, 3.05) is 6.61 Å². The fourth-order valence-electron chi connectivity index (χ4n) is 9.20. The molecule has 0 heterocycles. The van der Waals surface area contributed by atoms with Crippen molar-refractivity contribution in [2.24, 2.45) is 0 Å². The molecule has 1 amide bonds. The number of unbranched alkanes of at least 4 members (excludes halogenated alkanes) is 41. The van der Waals surface area contributed by atoms with Crippen molar-refractivity contribution in [2.45, 2.75) is 334 Å². The van der Waals surface area contributed by atoms with Crippen LogP contribution in [-0.4, -0.2) is 34.9 Å². The molecule has 64 heavy (non-hydrogen) atoms. The summed E-state index contributed by atoms with van der Waals surface area (Å²) in [4.78, 5) is 12.5. The van der Waals surface area contributed by atoms with Crippen LogP contribution in [0.3, 0.4) is 0 Å². The molecule has 0 aliphatic carbocycles. The Morgan fingerprint density at radius 3 is 0.953 bits per heavy atom. The molecule has 0 spiro atoms. The largest absolute Gasteiger partial charge is 0.394 e. The first-order valence-electron chi connectivity index (χ1n) is 29.2. The van der Waals surface area contributed by atoms with Gasteiger partial charge in [-0.3, -0.25) is 4.79 Å². The Labute approximate surface area is 402 Å². The van der Waals surface area contributed by atoms with Crippen molar-refractivity contribution >= 4 is 5.91 Å². The second kappa shape index (κ2) is 55.9. The number of aliphatic hydroxyl groups is 2. The van der Waals surface area contributed by atoms with Crippen LogP contribution in [0.15, 0.2) is 36.5 Å². The molecule has 2 unspecified atom stereocenters. The summed E-state index contributed by atoms with van der Waals surface area (Å²) in [6.07, 6.45) is 75.7. The average molecular weight is 899 g/mol. The molecule has 0 bridgehead atoms. The Balaban J connectivity index is 3.42. The minimum atomic E-state index is -0.659. The predicted molar refractivity (Wildman–Crippen MR) is 285 cm³/mol. The second-order valence-corrected chi connectivity index (χ2v) is 20.1. The zero-order valence-electron chi connectivity index (χ0n) is 43.6. The lowest BCUT2D eigenvalue weighted by molar-refractivity contribution is -0.123. The van der Waals surface area contributed by atoms with Crippen molar-refractivity contribution in [1.29, 1.82) is 0 Å². The van der Waals surface area contributed by atoms with Gasteiger partial charge in [0.15, 0.2) is 0 Å². The minimum absolute atomic E-state index is 0.0260. The minimum Gasteiger partial charge on any atom is -0.394 e. The molecule has 0 saturated heterocycles. The average Bonchev–Trinajstić information content (AvgIpc) is 3.30. The van der Waals surface area contributed by atoms with E-state index in [1.165, 1.54) is 257 Å². The molecular formula is C60H115NO3. The van der Waals surface area contributed by atoms with Crippen molar-refractivity contribution in [3.8, 4) is 0 Å². The zero-order chi connectivity index (χ0) is 46.3. The second-order valence-electron chi connectivity index (χ2n) is 20.1. The quantitative estimate of drug-likeness (QED) is 0.0421. The van der Waals surface area contributed by atoms with Gasteiger partial charge in [-0.1, -0.05) is 301 Å². The number of carbonyl (C=O) groups excluding carboxylic acids is 1. The van der Waals surface area contributed by atoms with E-state index in [1.807, 2.05) is 0 Å². The molecule has 0 aliphatic heterocycles. The van der Waals surface area contributed by atoms with E-state index >= 15 is 0 Å². The van der Waals surface area contributed by atoms with Crippen molar-refractivity contribution in [1.82, 2.24) is 5.32 Å². The highest BCUT2D eigenvalue weighted by Gasteiger charge is 2.20. The van der Waals surface area contributed by atoms with Crippen LogP contribution in [0.4, 0.5) is 0 Å².